The second-order valence-electron chi connectivity index (χ2n) is 11.6. The fourth-order valence-electron chi connectivity index (χ4n) is 5.66. The van der Waals surface area contributed by atoms with Gasteiger partial charge in [-0.3, -0.25) is 0 Å². The quantitative estimate of drug-likeness (QED) is 0.283. The van der Waals surface area contributed by atoms with E-state index in [2.05, 4.69) is 98.6 Å². The van der Waals surface area contributed by atoms with E-state index in [9.17, 15) is 0 Å². The number of rotatable bonds is 8. The van der Waals surface area contributed by atoms with Gasteiger partial charge in [-0.05, 0) is 106 Å². The Morgan fingerprint density at radius 2 is 1.55 bits per heavy atom. The smallest absolute Gasteiger partial charge is 0.0193 e. The van der Waals surface area contributed by atoms with Gasteiger partial charge in [-0.1, -0.05) is 135 Å². The van der Waals surface area contributed by atoms with Crippen molar-refractivity contribution in [3.05, 3.63) is 63.3 Å². The third kappa shape index (κ3) is 15.1. The van der Waals surface area contributed by atoms with Crippen molar-refractivity contribution in [2.75, 3.05) is 0 Å². The average Bonchev–Trinajstić information content (AvgIpc) is 2.99. The summed E-state index contributed by atoms with van der Waals surface area (Å²) < 4.78 is 0. The molecule has 2 aliphatic carbocycles. The van der Waals surface area contributed by atoms with Crippen LogP contribution in [0.4, 0.5) is 0 Å². The molecule has 1 saturated carbocycles. The van der Waals surface area contributed by atoms with E-state index in [4.69, 9.17) is 0 Å². The van der Waals surface area contributed by atoms with Crippen molar-refractivity contribution in [1.82, 2.24) is 0 Å². The maximum atomic E-state index is 4.00. The first-order valence-electron chi connectivity index (χ1n) is 16.8. The molecule has 40 heavy (non-hydrogen) atoms. The number of aryl methyl sites for hydroxylation is 2. The van der Waals surface area contributed by atoms with Crippen LogP contribution in [0.3, 0.4) is 0 Å². The summed E-state index contributed by atoms with van der Waals surface area (Å²) in [6.07, 6.45) is 29.7. The molecule has 1 atom stereocenters. The molecule has 1 aromatic rings. The third-order valence-corrected chi connectivity index (χ3v) is 8.04. The van der Waals surface area contributed by atoms with Crippen molar-refractivity contribution >= 4 is 6.08 Å². The minimum absolute atomic E-state index is 0.767. The predicted octanol–water partition coefficient (Wildman–Crippen LogP) is 13.1. The van der Waals surface area contributed by atoms with Gasteiger partial charge in [0.1, 0.15) is 0 Å². The minimum Gasteiger partial charge on any atom is -0.124 e. The summed E-state index contributed by atoms with van der Waals surface area (Å²) in [5.41, 5.74) is 10.9. The number of allylic oxidation sites excluding steroid dienone is 5. The van der Waals surface area contributed by atoms with Gasteiger partial charge in [-0.2, -0.15) is 0 Å². The van der Waals surface area contributed by atoms with Gasteiger partial charge in [-0.15, -0.1) is 12.8 Å². The SMILES string of the molecule is C#C.CC.CC.CC1=CC=C(CC(C)C)CC1C.CCCCc1ccc(C)c(/C=C(\C)C2CCCCC2)c1CC. The molecular weight excluding hydrogens is 480 g/mol. The molecule has 3 rings (SSSR count). The molecule has 2 aliphatic rings. The Hall–Kier alpha value is -2.00. The van der Waals surface area contributed by atoms with Crippen molar-refractivity contribution < 1.29 is 0 Å². The van der Waals surface area contributed by atoms with Crippen LogP contribution in [0.25, 0.3) is 6.08 Å². The molecule has 1 aromatic carbocycles. The maximum Gasteiger partial charge on any atom is -0.0193 e. The Balaban J connectivity index is 0. The monoisotopic (exact) mass is 549 g/mol. The van der Waals surface area contributed by atoms with Gasteiger partial charge in [0, 0.05) is 0 Å². The largest absolute Gasteiger partial charge is 0.124 e. The molecule has 0 aliphatic heterocycles. The van der Waals surface area contributed by atoms with E-state index in [1.165, 1.54) is 80.9 Å². The van der Waals surface area contributed by atoms with E-state index in [-0.39, 0.29) is 0 Å². The summed E-state index contributed by atoms with van der Waals surface area (Å²) in [6, 6.07) is 4.71. The Kier molecular flexibility index (Phi) is 24.9. The Bertz CT molecular complexity index is 876. The molecule has 0 saturated heterocycles. The number of hydrogen-bond acceptors (Lipinski definition) is 0. The zero-order valence-corrected chi connectivity index (χ0v) is 29.1. The van der Waals surface area contributed by atoms with Gasteiger partial charge in [-0.25, -0.2) is 0 Å². The van der Waals surface area contributed by atoms with E-state index in [0.29, 0.717) is 0 Å². The topological polar surface area (TPSA) is 0 Å². The van der Waals surface area contributed by atoms with Gasteiger partial charge in [0.2, 0.25) is 0 Å². The van der Waals surface area contributed by atoms with Gasteiger partial charge in [0.25, 0.3) is 0 Å². The van der Waals surface area contributed by atoms with Crippen LogP contribution >= 0.6 is 0 Å². The molecule has 0 N–H and O–H groups in total. The van der Waals surface area contributed by atoms with Crippen molar-refractivity contribution in [3.63, 3.8) is 0 Å². The van der Waals surface area contributed by atoms with Crippen LogP contribution in [0.2, 0.25) is 0 Å². The molecule has 1 unspecified atom stereocenters. The minimum atomic E-state index is 0.767. The predicted molar refractivity (Wildman–Crippen MR) is 187 cm³/mol. The summed E-state index contributed by atoms with van der Waals surface area (Å²) in [5.74, 6) is 2.40. The van der Waals surface area contributed by atoms with Crippen LogP contribution in [-0.4, -0.2) is 0 Å². The Morgan fingerprint density at radius 3 is 2.05 bits per heavy atom. The van der Waals surface area contributed by atoms with Crippen molar-refractivity contribution in [2.45, 2.75) is 154 Å². The third-order valence-electron chi connectivity index (χ3n) is 8.04. The van der Waals surface area contributed by atoms with Gasteiger partial charge in [0.15, 0.2) is 0 Å². The normalized spacial score (nSPS) is 16.9. The molecule has 0 radical (unpaired) electrons. The van der Waals surface area contributed by atoms with Crippen LogP contribution in [0.15, 0.2) is 41.0 Å². The first-order chi connectivity index (χ1) is 19.3. The van der Waals surface area contributed by atoms with Crippen molar-refractivity contribution in [1.29, 1.82) is 0 Å². The fraction of sp³-hybridized carbons (Fsp3) is 0.650. The second kappa shape index (κ2) is 24.8. The lowest BCUT2D eigenvalue weighted by molar-refractivity contribution is 0.404. The number of benzene rings is 1. The molecular formula is C40H68. The number of unbranched alkanes of at least 4 members (excludes halogenated alkanes) is 1. The van der Waals surface area contributed by atoms with Crippen LogP contribution in [-0.2, 0) is 12.8 Å². The molecule has 0 aromatic heterocycles. The van der Waals surface area contributed by atoms with Gasteiger partial charge in [0.05, 0.1) is 0 Å². The highest BCUT2D eigenvalue weighted by Crippen LogP contribution is 2.32. The molecule has 0 heterocycles. The number of terminal acetylenes is 1. The summed E-state index contributed by atoms with van der Waals surface area (Å²) >= 11 is 0. The van der Waals surface area contributed by atoms with Gasteiger partial charge >= 0.3 is 0 Å². The Labute approximate surface area is 253 Å². The second-order valence-corrected chi connectivity index (χ2v) is 11.6. The molecule has 0 spiro atoms. The lowest BCUT2D eigenvalue weighted by Gasteiger charge is -2.23. The zero-order valence-electron chi connectivity index (χ0n) is 29.1. The highest BCUT2D eigenvalue weighted by atomic mass is 14.2. The zero-order chi connectivity index (χ0) is 31.1. The summed E-state index contributed by atoms with van der Waals surface area (Å²) in [5, 5.41) is 0. The summed E-state index contributed by atoms with van der Waals surface area (Å²) in [7, 11) is 0. The fourth-order valence-corrected chi connectivity index (χ4v) is 5.66. The van der Waals surface area contributed by atoms with E-state index >= 15 is 0 Å². The molecule has 228 valence electrons. The van der Waals surface area contributed by atoms with E-state index in [1.54, 1.807) is 22.3 Å². The summed E-state index contributed by atoms with van der Waals surface area (Å²) in [4.78, 5) is 0. The van der Waals surface area contributed by atoms with Crippen LogP contribution in [0, 0.1) is 37.5 Å². The molecule has 0 bridgehead atoms. The lowest BCUT2D eigenvalue weighted by atomic mass is 9.82. The van der Waals surface area contributed by atoms with E-state index in [0.717, 1.165) is 24.2 Å². The number of hydrogen-bond donors (Lipinski definition) is 0. The standard InChI is InChI=1S/C22H34.C12H20.2C2H6.C2H2/c1-5-7-11-20-15-14-17(3)22(21(20)6-2)16-18(4)19-12-9-8-10-13-19;1-9(2)7-12-6-5-10(3)11(4)8-12;3*1-2/h14-16,19H,5-13H2,1-4H3;5-6,9,11H,7-8H2,1-4H3;2*1-2H3;1-2H/b18-16+;;;;. The van der Waals surface area contributed by atoms with Crippen LogP contribution in [0.5, 0.6) is 0 Å². The molecule has 0 nitrogen and oxygen atoms in total. The molecule has 0 amide bonds. The van der Waals surface area contributed by atoms with Crippen molar-refractivity contribution in [3.8, 4) is 12.8 Å². The van der Waals surface area contributed by atoms with Gasteiger partial charge < -0.3 is 0 Å². The van der Waals surface area contributed by atoms with E-state index < -0.39 is 0 Å². The first-order valence-corrected chi connectivity index (χ1v) is 16.8. The highest BCUT2D eigenvalue weighted by molar-refractivity contribution is 5.62. The highest BCUT2D eigenvalue weighted by Gasteiger charge is 2.16. The van der Waals surface area contributed by atoms with Crippen molar-refractivity contribution in [2.24, 2.45) is 17.8 Å². The summed E-state index contributed by atoms with van der Waals surface area (Å²) in [6.45, 7) is 26.4. The van der Waals surface area contributed by atoms with Crippen LogP contribution in [0.1, 0.15) is 156 Å². The Morgan fingerprint density at radius 1 is 0.950 bits per heavy atom. The molecule has 1 fully saturated rings. The van der Waals surface area contributed by atoms with Crippen LogP contribution < -0.4 is 0 Å². The first kappa shape index (κ1) is 40.1. The molecule has 0 heteroatoms. The average molecular weight is 549 g/mol. The van der Waals surface area contributed by atoms with E-state index in [1.807, 2.05) is 27.7 Å². The lowest BCUT2D eigenvalue weighted by Crippen LogP contribution is -2.08. The maximum absolute atomic E-state index is 4.00.